The fourth-order valence-corrected chi connectivity index (χ4v) is 1.71. The molecule has 2 aromatic carbocycles. The first-order valence-electron chi connectivity index (χ1n) is 6.24. The number of rotatable bonds is 4. The molecule has 0 spiro atoms. The summed E-state index contributed by atoms with van der Waals surface area (Å²) in [6.45, 7) is 4.10. The van der Waals surface area contributed by atoms with Crippen LogP contribution < -0.4 is 10.2 Å². The summed E-state index contributed by atoms with van der Waals surface area (Å²) >= 11 is 0. The molecular weight excluding hydrogens is 236 g/mol. The van der Waals surface area contributed by atoms with Gasteiger partial charge in [0, 0.05) is 7.05 Å². The van der Waals surface area contributed by atoms with Gasteiger partial charge in [-0.15, -0.1) is 0 Å². The maximum absolute atomic E-state index is 5.89. The zero-order valence-electron chi connectivity index (χ0n) is 11.5. The van der Waals surface area contributed by atoms with Crippen molar-refractivity contribution >= 4 is 6.21 Å². The molecule has 0 bridgehead atoms. The molecule has 1 N–H and O–H groups in total. The molecule has 2 aromatic rings. The summed E-state index contributed by atoms with van der Waals surface area (Å²) in [4.78, 5) is 0. The molecule has 0 aliphatic carbocycles. The number of nitrogens with one attached hydrogen (secondary N) is 1. The fourth-order valence-electron chi connectivity index (χ4n) is 1.71. The monoisotopic (exact) mass is 254 g/mol. The standard InChI is InChI=1S/C16H18N2O/c1-12-4-5-13(2)16(10-12)19-15-8-6-14(7-9-15)11-18-17-3/h4-11,17H,1-3H3. The normalized spacial score (nSPS) is 10.7. The van der Waals surface area contributed by atoms with Crippen molar-refractivity contribution in [3.8, 4) is 11.5 Å². The summed E-state index contributed by atoms with van der Waals surface area (Å²) in [6, 6.07) is 14.0. The van der Waals surface area contributed by atoms with Crippen LogP contribution in [-0.4, -0.2) is 13.3 Å². The van der Waals surface area contributed by atoms with Crippen LogP contribution in [-0.2, 0) is 0 Å². The van der Waals surface area contributed by atoms with Crippen molar-refractivity contribution in [1.82, 2.24) is 5.43 Å². The topological polar surface area (TPSA) is 33.6 Å². The van der Waals surface area contributed by atoms with Crippen molar-refractivity contribution in [2.24, 2.45) is 5.10 Å². The molecule has 0 saturated carbocycles. The number of ether oxygens (including phenoxy) is 1. The SMILES string of the molecule is CNN=Cc1ccc(Oc2cc(C)ccc2C)cc1. The van der Waals surface area contributed by atoms with Crippen molar-refractivity contribution in [3.63, 3.8) is 0 Å². The molecule has 0 amide bonds. The molecule has 0 fully saturated rings. The summed E-state index contributed by atoms with van der Waals surface area (Å²) in [5.74, 6) is 1.73. The van der Waals surface area contributed by atoms with Gasteiger partial charge in [0.15, 0.2) is 0 Å². The van der Waals surface area contributed by atoms with Crippen molar-refractivity contribution in [2.75, 3.05) is 7.05 Å². The van der Waals surface area contributed by atoms with E-state index in [9.17, 15) is 0 Å². The van der Waals surface area contributed by atoms with Gasteiger partial charge in [-0.3, -0.25) is 0 Å². The Labute approximate surface area is 113 Å². The highest BCUT2D eigenvalue weighted by molar-refractivity contribution is 5.79. The van der Waals surface area contributed by atoms with E-state index in [1.807, 2.05) is 37.3 Å². The number of benzene rings is 2. The smallest absolute Gasteiger partial charge is 0.130 e. The maximum atomic E-state index is 5.89. The second kappa shape index (κ2) is 6.05. The highest BCUT2D eigenvalue weighted by Crippen LogP contribution is 2.25. The van der Waals surface area contributed by atoms with Crippen LogP contribution in [0, 0.1) is 13.8 Å². The molecule has 98 valence electrons. The average Bonchev–Trinajstić information content (AvgIpc) is 2.42. The number of hydrogen-bond acceptors (Lipinski definition) is 3. The van der Waals surface area contributed by atoms with Gasteiger partial charge in [-0.05, 0) is 60.9 Å². The molecule has 0 aliphatic heterocycles. The van der Waals surface area contributed by atoms with Gasteiger partial charge in [0.2, 0.25) is 0 Å². The Balaban J connectivity index is 2.15. The second-order valence-electron chi connectivity index (χ2n) is 4.42. The molecule has 0 radical (unpaired) electrons. The van der Waals surface area contributed by atoms with Crippen LogP contribution in [0.1, 0.15) is 16.7 Å². The second-order valence-corrected chi connectivity index (χ2v) is 4.42. The zero-order chi connectivity index (χ0) is 13.7. The van der Waals surface area contributed by atoms with Gasteiger partial charge in [0.25, 0.3) is 0 Å². The van der Waals surface area contributed by atoms with E-state index in [4.69, 9.17) is 4.74 Å². The third-order valence-electron chi connectivity index (χ3n) is 2.79. The Bertz CT molecular complexity index is 574. The molecule has 3 heteroatoms. The minimum Gasteiger partial charge on any atom is -0.457 e. The number of hydrogen-bond donors (Lipinski definition) is 1. The van der Waals surface area contributed by atoms with Crippen LogP contribution in [0.25, 0.3) is 0 Å². The molecule has 0 unspecified atom stereocenters. The summed E-state index contributed by atoms with van der Waals surface area (Å²) in [5, 5.41) is 3.97. The molecule has 0 saturated heterocycles. The van der Waals surface area contributed by atoms with E-state index in [0.717, 1.165) is 22.6 Å². The van der Waals surface area contributed by atoms with E-state index < -0.39 is 0 Å². The predicted octanol–water partition coefficient (Wildman–Crippen LogP) is 3.65. The first-order valence-corrected chi connectivity index (χ1v) is 6.24. The molecule has 0 aromatic heterocycles. The lowest BCUT2D eigenvalue weighted by Crippen LogP contribution is -1.94. The number of nitrogens with zero attached hydrogens (tertiary/aromatic N) is 1. The van der Waals surface area contributed by atoms with Crippen LogP contribution in [0.2, 0.25) is 0 Å². The minimum atomic E-state index is 0.829. The molecule has 3 nitrogen and oxygen atoms in total. The lowest BCUT2D eigenvalue weighted by Gasteiger charge is -2.09. The first kappa shape index (κ1) is 13.1. The lowest BCUT2D eigenvalue weighted by atomic mass is 10.1. The third kappa shape index (κ3) is 3.58. The maximum Gasteiger partial charge on any atom is 0.130 e. The van der Waals surface area contributed by atoms with Crippen molar-refractivity contribution in [1.29, 1.82) is 0 Å². The van der Waals surface area contributed by atoms with Crippen molar-refractivity contribution in [2.45, 2.75) is 13.8 Å². The third-order valence-corrected chi connectivity index (χ3v) is 2.79. The quantitative estimate of drug-likeness (QED) is 0.667. The molecule has 0 aliphatic rings. The van der Waals surface area contributed by atoms with Gasteiger partial charge < -0.3 is 10.2 Å². The van der Waals surface area contributed by atoms with Crippen LogP contribution in [0.3, 0.4) is 0 Å². The van der Waals surface area contributed by atoms with Gasteiger partial charge in [-0.25, -0.2) is 0 Å². The average molecular weight is 254 g/mol. The molecule has 0 heterocycles. The van der Waals surface area contributed by atoms with Gasteiger partial charge in [-0.1, -0.05) is 12.1 Å². The molecule has 2 rings (SSSR count). The van der Waals surface area contributed by atoms with E-state index in [-0.39, 0.29) is 0 Å². The van der Waals surface area contributed by atoms with Gasteiger partial charge >= 0.3 is 0 Å². The summed E-state index contributed by atoms with van der Waals surface area (Å²) in [6.07, 6.45) is 1.77. The van der Waals surface area contributed by atoms with Gasteiger partial charge in [0.1, 0.15) is 11.5 Å². The molecule has 0 atom stereocenters. The Morgan fingerprint density at radius 2 is 1.79 bits per heavy atom. The van der Waals surface area contributed by atoms with E-state index in [1.165, 1.54) is 5.56 Å². The van der Waals surface area contributed by atoms with Gasteiger partial charge in [0.05, 0.1) is 6.21 Å². The van der Waals surface area contributed by atoms with E-state index in [2.05, 4.69) is 29.6 Å². The zero-order valence-corrected chi connectivity index (χ0v) is 11.5. The minimum absolute atomic E-state index is 0.829. The van der Waals surface area contributed by atoms with Crippen LogP contribution in [0.5, 0.6) is 11.5 Å². The Morgan fingerprint density at radius 1 is 1.05 bits per heavy atom. The molecule has 19 heavy (non-hydrogen) atoms. The molecular formula is C16H18N2O. The summed E-state index contributed by atoms with van der Waals surface area (Å²) in [5.41, 5.74) is 6.08. The predicted molar refractivity (Wildman–Crippen MR) is 79.1 cm³/mol. The van der Waals surface area contributed by atoms with E-state index in [0.29, 0.717) is 0 Å². The Morgan fingerprint density at radius 3 is 2.47 bits per heavy atom. The van der Waals surface area contributed by atoms with Crippen LogP contribution in [0.4, 0.5) is 0 Å². The van der Waals surface area contributed by atoms with Crippen LogP contribution in [0.15, 0.2) is 47.6 Å². The summed E-state index contributed by atoms with van der Waals surface area (Å²) in [7, 11) is 1.77. The van der Waals surface area contributed by atoms with Crippen LogP contribution >= 0.6 is 0 Å². The number of aryl methyl sites for hydroxylation is 2. The largest absolute Gasteiger partial charge is 0.457 e. The van der Waals surface area contributed by atoms with E-state index >= 15 is 0 Å². The summed E-state index contributed by atoms with van der Waals surface area (Å²) < 4.78 is 5.89. The fraction of sp³-hybridized carbons (Fsp3) is 0.188. The van der Waals surface area contributed by atoms with Crippen molar-refractivity contribution in [3.05, 3.63) is 59.2 Å². The first-order chi connectivity index (χ1) is 9.19. The Kier molecular flexibility index (Phi) is 4.18. The van der Waals surface area contributed by atoms with Gasteiger partial charge in [-0.2, -0.15) is 5.10 Å². The van der Waals surface area contributed by atoms with E-state index in [1.54, 1.807) is 13.3 Å². The van der Waals surface area contributed by atoms with Crippen molar-refractivity contribution < 1.29 is 4.74 Å². The highest BCUT2D eigenvalue weighted by atomic mass is 16.5. The lowest BCUT2D eigenvalue weighted by molar-refractivity contribution is 0.478. The number of hydrazone groups is 1. The highest BCUT2D eigenvalue weighted by Gasteiger charge is 2.01. The Hall–Kier alpha value is -2.29.